The van der Waals surface area contributed by atoms with Gasteiger partial charge in [-0.05, 0) is 51.4 Å². The average Bonchev–Trinajstić information content (AvgIpc) is 3.34. The van der Waals surface area contributed by atoms with E-state index in [2.05, 4.69) is 50.3 Å². The molecule has 1 N–H and O–H groups in total. The Balaban J connectivity index is 4.11. The molecule has 0 rings (SSSR count). The van der Waals surface area contributed by atoms with Crippen molar-refractivity contribution in [3.63, 3.8) is 0 Å². The van der Waals surface area contributed by atoms with E-state index in [9.17, 15) is 19.5 Å². The summed E-state index contributed by atoms with van der Waals surface area (Å²) in [5.41, 5.74) is 0. The van der Waals surface area contributed by atoms with Crippen LogP contribution in [0, 0.1) is 0 Å². The largest absolute Gasteiger partial charge is 0.477 e. The van der Waals surface area contributed by atoms with Gasteiger partial charge in [0.1, 0.15) is 13.2 Å². The van der Waals surface area contributed by atoms with Gasteiger partial charge in [-0.15, -0.1) is 0 Å². The molecule has 0 fully saturated rings. The van der Waals surface area contributed by atoms with Crippen LogP contribution in [0.3, 0.4) is 0 Å². The third-order valence-corrected chi connectivity index (χ3v) is 13.4. The Hall–Kier alpha value is -2.49. The van der Waals surface area contributed by atoms with E-state index in [-0.39, 0.29) is 38.2 Å². The van der Waals surface area contributed by atoms with Gasteiger partial charge in [0.25, 0.3) is 6.29 Å². The van der Waals surface area contributed by atoms with Crippen LogP contribution in [-0.4, -0.2) is 87.4 Å². The highest BCUT2D eigenvalue weighted by Gasteiger charge is 2.25. The van der Waals surface area contributed by atoms with Crippen molar-refractivity contribution in [1.29, 1.82) is 0 Å². The van der Waals surface area contributed by atoms with Gasteiger partial charge in [0.05, 0.1) is 34.4 Å². The second kappa shape index (κ2) is 53.8. The fraction of sp³-hybridized carbons (Fsp3) is 0.855. The molecule has 0 spiro atoms. The van der Waals surface area contributed by atoms with Gasteiger partial charge in [-0.25, -0.2) is 4.79 Å². The highest BCUT2D eigenvalue weighted by atomic mass is 16.7. The first kappa shape index (κ1) is 68.5. The lowest BCUT2D eigenvalue weighted by Gasteiger charge is -2.25. The van der Waals surface area contributed by atoms with E-state index in [0.717, 1.165) is 51.4 Å². The number of nitrogens with zero attached hydrogens (tertiary/aromatic N) is 1. The van der Waals surface area contributed by atoms with Crippen LogP contribution in [0.1, 0.15) is 284 Å². The van der Waals surface area contributed by atoms with Crippen molar-refractivity contribution in [3.05, 3.63) is 36.5 Å². The zero-order valence-electron chi connectivity index (χ0n) is 47.4. The lowest BCUT2D eigenvalue weighted by molar-refractivity contribution is -0.870. The van der Waals surface area contributed by atoms with Gasteiger partial charge in [-0.2, -0.15) is 0 Å². The van der Waals surface area contributed by atoms with Gasteiger partial charge in [-0.3, -0.25) is 9.59 Å². The Morgan fingerprint density at radius 1 is 0.423 bits per heavy atom. The first-order valence-corrected chi connectivity index (χ1v) is 30.2. The summed E-state index contributed by atoms with van der Waals surface area (Å²) in [5, 5.41) is 9.70. The predicted octanol–water partition coefficient (Wildman–Crippen LogP) is 17.7. The molecule has 0 bridgehead atoms. The van der Waals surface area contributed by atoms with Gasteiger partial charge in [0, 0.05) is 12.8 Å². The summed E-state index contributed by atoms with van der Waals surface area (Å²) in [6.45, 7) is 4.90. The van der Waals surface area contributed by atoms with E-state index in [1.54, 1.807) is 0 Å². The maximum atomic E-state index is 12.9. The number of aliphatic carboxylic acids is 1. The minimum atomic E-state index is -1.51. The third kappa shape index (κ3) is 55.1. The maximum Gasteiger partial charge on any atom is 0.361 e. The fourth-order valence-corrected chi connectivity index (χ4v) is 8.73. The molecular weight excluding hydrogens is 887 g/mol. The Morgan fingerprint density at radius 2 is 0.761 bits per heavy atom. The van der Waals surface area contributed by atoms with Crippen molar-refractivity contribution in [3.8, 4) is 0 Å². The van der Waals surface area contributed by atoms with Crippen molar-refractivity contribution < 1.29 is 42.9 Å². The van der Waals surface area contributed by atoms with Crippen molar-refractivity contribution in [1.82, 2.24) is 0 Å². The molecule has 0 aliphatic heterocycles. The van der Waals surface area contributed by atoms with Crippen LogP contribution in [0.15, 0.2) is 36.5 Å². The summed E-state index contributed by atoms with van der Waals surface area (Å²) in [6, 6.07) is 0. The molecule has 0 aromatic rings. The standard InChI is InChI=1S/C62H115NO8/c1-6-8-10-12-14-16-18-20-22-23-24-25-26-27-28-29-30-31-32-33-34-35-36-37-39-41-43-45-47-49-51-53-60(65)71-58(57-70-62(61(66)67)68-55-54-63(3,4)5)56-69-59(64)52-50-48-46-44-42-40-38-21-19-17-15-13-11-9-7-2/h18,20,23-24,26-27,58,62H,6-17,19,21-22,25,28-57H2,1-5H3/p+1/b20-18-,24-23-,27-26-. The average molecular weight is 1000 g/mol. The van der Waals surface area contributed by atoms with Gasteiger partial charge in [-0.1, -0.05) is 256 Å². The zero-order valence-corrected chi connectivity index (χ0v) is 47.4. The monoisotopic (exact) mass is 1000 g/mol. The van der Waals surface area contributed by atoms with Crippen molar-refractivity contribution in [2.75, 3.05) is 47.5 Å². The molecular formula is C62H116NO8+. The molecule has 71 heavy (non-hydrogen) atoms. The van der Waals surface area contributed by atoms with E-state index >= 15 is 0 Å². The summed E-state index contributed by atoms with van der Waals surface area (Å²) in [5.74, 6) is -1.99. The van der Waals surface area contributed by atoms with Crippen LogP contribution >= 0.6 is 0 Å². The highest BCUT2D eigenvalue weighted by molar-refractivity contribution is 5.71. The van der Waals surface area contributed by atoms with Gasteiger partial charge < -0.3 is 28.5 Å². The van der Waals surface area contributed by atoms with E-state index in [1.165, 1.54) is 205 Å². The number of likely N-dealkylation sites (N-methyl/N-ethyl adjacent to an activating group) is 1. The molecule has 0 amide bonds. The van der Waals surface area contributed by atoms with Gasteiger partial charge in [0.15, 0.2) is 6.10 Å². The molecule has 0 radical (unpaired) electrons. The number of hydrogen-bond donors (Lipinski definition) is 1. The number of unbranched alkanes of at least 4 members (excludes halogenated alkanes) is 35. The van der Waals surface area contributed by atoms with Crippen molar-refractivity contribution in [2.45, 2.75) is 296 Å². The molecule has 0 heterocycles. The van der Waals surface area contributed by atoms with E-state index in [0.29, 0.717) is 17.4 Å². The molecule has 9 heteroatoms. The topological polar surface area (TPSA) is 108 Å². The molecule has 0 aliphatic rings. The predicted molar refractivity (Wildman–Crippen MR) is 300 cm³/mol. The second-order valence-corrected chi connectivity index (χ2v) is 21.7. The maximum absolute atomic E-state index is 12.9. The number of allylic oxidation sites excluding steroid dienone is 6. The van der Waals surface area contributed by atoms with Gasteiger partial charge in [0.2, 0.25) is 0 Å². The molecule has 9 nitrogen and oxygen atoms in total. The number of esters is 2. The number of ether oxygens (including phenoxy) is 4. The quantitative estimate of drug-likeness (QED) is 0.0211. The number of carbonyl (C=O) groups is 3. The zero-order chi connectivity index (χ0) is 52.0. The van der Waals surface area contributed by atoms with E-state index in [4.69, 9.17) is 18.9 Å². The third-order valence-electron chi connectivity index (χ3n) is 13.4. The fourth-order valence-electron chi connectivity index (χ4n) is 8.73. The second-order valence-electron chi connectivity index (χ2n) is 21.7. The van der Waals surface area contributed by atoms with Crippen molar-refractivity contribution >= 4 is 17.9 Å². The number of quaternary nitrogens is 1. The normalized spacial score (nSPS) is 13.0. The van der Waals surface area contributed by atoms with Crippen LogP contribution in [-0.2, 0) is 33.3 Å². The smallest absolute Gasteiger partial charge is 0.361 e. The molecule has 0 saturated carbocycles. The minimum absolute atomic E-state index is 0.177. The molecule has 416 valence electrons. The molecule has 0 saturated heterocycles. The van der Waals surface area contributed by atoms with Crippen LogP contribution in [0.5, 0.6) is 0 Å². The van der Waals surface area contributed by atoms with E-state index < -0.39 is 18.4 Å². The summed E-state index contributed by atoms with van der Waals surface area (Å²) < 4.78 is 22.9. The van der Waals surface area contributed by atoms with Crippen molar-refractivity contribution in [2.24, 2.45) is 0 Å². The minimum Gasteiger partial charge on any atom is -0.477 e. The highest BCUT2D eigenvalue weighted by Crippen LogP contribution is 2.17. The van der Waals surface area contributed by atoms with Crippen LogP contribution < -0.4 is 0 Å². The first-order valence-electron chi connectivity index (χ1n) is 30.2. The van der Waals surface area contributed by atoms with Crippen LogP contribution in [0.2, 0.25) is 0 Å². The molecule has 2 atom stereocenters. The lowest BCUT2D eigenvalue weighted by atomic mass is 10.0. The van der Waals surface area contributed by atoms with Crippen LogP contribution in [0.4, 0.5) is 0 Å². The summed E-state index contributed by atoms with van der Waals surface area (Å²) >= 11 is 0. The number of carbonyl (C=O) groups excluding carboxylic acids is 2. The number of rotatable bonds is 56. The molecule has 0 aromatic heterocycles. The Morgan fingerprint density at radius 3 is 1.13 bits per heavy atom. The number of carboxylic acids is 1. The molecule has 2 unspecified atom stereocenters. The molecule has 0 aliphatic carbocycles. The Bertz CT molecular complexity index is 1260. The SMILES string of the molecule is CCCCCCC/C=C\C/C=C\C/C=C\CCCCCCCCCCCCCCCCCCC(=O)OC(COC(=O)CCCCCCCCCCCCCCCCC)COC(OCC[N+](C)(C)C)C(=O)O. The lowest BCUT2D eigenvalue weighted by Crippen LogP contribution is -2.40. The first-order chi connectivity index (χ1) is 34.6. The summed E-state index contributed by atoms with van der Waals surface area (Å²) in [6.07, 6.45) is 62.3. The molecule has 0 aromatic carbocycles. The Kier molecular flexibility index (Phi) is 51.9. The van der Waals surface area contributed by atoms with E-state index in [1.807, 2.05) is 21.1 Å². The Labute approximate surface area is 439 Å². The number of hydrogen-bond acceptors (Lipinski definition) is 7. The van der Waals surface area contributed by atoms with Gasteiger partial charge >= 0.3 is 17.9 Å². The number of carboxylic acid groups (broad SMARTS) is 1. The summed E-state index contributed by atoms with van der Waals surface area (Å²) in [4.78, 5) is 37.4. The summed E-state index contributed by atoms with van der Waals surface area (Å²) in [7, 11) is 5.98. The van der Waals surface area contributed by atoms with Crippen LogP contribution in [0.25, 0.3) is 0 Å².